The van der Waals surface area contributed by atoms with Crippen LogP contribution in [-0.2, 0) is 4.79 Å². The average Bonchev–Trinajstić information content (AvgIpc) is 2.89. The highest BCUT2D eigenvalue weighted by molar-refractivity contribution is 7.10. The van der Waals surface area contributed by atoms with Crippen LogP contribution in [0.3, 0.4) is 0 Å². The number of aromatic nitrogens is 2. The van der Waals surface area contributed by atoms with Gasteiger partial charge in [-0.1, -0.05) is 6.07 Å². The fourth-order valence-electron chi connectivity index (χ4n) is 1.33. The molecule has 90 valence electrons. The van der Waals surface area contributed by atoms with Crippen molar-refractivity contribution in [2.45, 2.75) is 6.04 Å². The molecule has 1 unspecified atom stereocenters. The molecule has 2 N–H and O–H groups in total. The first kappa shape index (κ1) is 12.0. The van der Waals surface area contributed by atoms with E-state index >= 15 is 0 Å². The molecule has 1 atom stereocenters. The zero-order valence-electron chi connectivity index (χ0n) is 9.07. The molecule has 0 bridgehead atoms. The van der Waals surface area contributed by atoms with Gasteiger partial charge >= 0.3 is 5.97 Å². The number of aliphatic carboxylic acids is 1. The fraction of sp³-hybridized carbons (Fsp3) is 0.0909. The number of carbonyl (C=O) groups is 1. The number of thiophene rings is 1. The van der Waals surface area contributed by atoms with Gasteiger partial charge in [0.05, 0.1) is 0 Å². The summed E-state index contributed by atoms with van der Waals surface area (Å²) >= 11 is 1.32. The molecule has 0 amide bonds. The zero-order chi connectivity index (χ0) is 13.0. The fourth-order valence-corrected chi connectivity index (χ4v) is 2.10. The van der Waals surface area contributed by atoms with Crippen molar-refractivity contribution in [1.29, 1.82) is 5.26 Å². The third kappa shape index (κ3) is 2.61. The lowest BCUT2D eigenvalue weighted by Crippen LogP contribution is -2.20. The summed E-state index contributed by atoms with van der Waals surface area (Å²) in [5.74, 6) is -0.904. The van der Waals surface area contributed by atoms with Crippen LogP contribution < -0.4 is 5.32 Å². The molecule has 2 heterocycles. The Bertz CT molecular complexity index is 591. The predicted molar refractivity (Wildman–Crippen MR) is 65.1 cm³/mol. The third-order valence-corrected chi connectivity index (χ3v) is 3.06. The van der Waals surface area contributed by atoms with E-state index in [1.54, 1.807) is 17.5 Å². The van der Waals surface area contributed by atoms with Crippen LogP contribution in [0.1, 0.15) is 16.6 Å². The van der Waals surface area contributed by atoms with Gasteiger partial charge in [-0.2, -0.15) is 5.26 Å². The molecule has 0 aliphatic rings. The second kappa shape index (κ2) is 5.25. The maximum absolute atomic E-state index is 11.2. The smallest absolute Gasteiger partial charge is 0.331 e. The molecule has 0 radical (unpaired) electrons. The summed E-state index contributed by atoms with van der Waals surface area (Å²) < 4.78 is 0. The Kier molecular flexibility index (Phi) is 3.50. The molecule has 0 saturated carbocycles. The van der Waals surface area contributed by atoms with E-state index in [9.17, 15) is 4.79 Å². The van der Waals surface area contributed by atoms with E-state index in [1.807, 2.05) is 6.07 Å². The Morgan fingerprint density at radius 2 is 2.39 bits per heavy atom. The predicted octanol–water partition coefficient (Wildman–Crippen LogP) is 1.65. The summed E-state index contributed by atoms with van der Waals surface area (Å²) in [6, 6.07) is 5.88. The Morgan fingerprint density at radius 3 is 3.00 bits per heavy atom. The molecule has 0 spiro atoms. The van der Waals surface area contributed by atoms with Crippen LogP contribution in [0.2, 0.25) is 0 Å². The van der Waals surface area contributed by atoms with Crippen molar-refractivity contribution in [3.05, 3.63) is 40.3 Å². The molecule has 0 aliphatic heterocycles. The number of carboxylic acids is 1. The first-order chi connectivity index (χ1) is 8.70. The van der Waals surface area contributed by atoms with E-state index in [0.717, 1.165) is 0 Å². The normalized spacial score (nSPS) is 11.5. The minimum Gasteiger partial charge on any atom is -0.479 e. The van der Waals surface area contributed by atoms with Crippen LogP contribution in [0.5, 0.6) is 0 Å². The van der Waals surface area contributed by atoms with E-state index in [4.69, 9.17) is 10.4 Å². The van der Waals surface area contributed by atoms with Gasteiger partial charge in [-0.3, -0.25) is 0 Å². The Balaban J connectivity index is 2.24. The van der Waals surface area contributed by atoms with Crippen molar-refractivity contribution in [1.82, 2.24) is 9.97 Å². The van der Waals surface area contributed by atoms with Crippen molar-refractivity contribution >= 4 is 23.3 Å². The molecule has 6 nitrogen and oxygen atoms in total. The number of rotatable bonds is 4. The van der Waals surface area contributed by atoms with E-state index in [2.05, 4.69) is 15.3 Å². The van der Waals surface area contributed by atoms with Gasteiger partial charge in [-0.15, -0.1) is 11.3 Å². The van der Waals surface area contributed by atoms with E-state index < -0.39 is 12.0 Å². The summed E-state index contributed by atoms with van der Waals surface area (Å²) in [4.78, 5) is 19.6. The number of nitriles is 1. The maximum Gasteiger partial charge on any atom is 0.331 e. The van der Waals surface area contributed by atoms with E-state index in [-0.39, 0.29) is 11.6 Å². The van der Waals surface area contributed by atoms with Gasteiger partial charge in [-0.25, -0.2) is 14.8 Å². The zero-order valence-corrected chi connectivity index (χ0v) is 9.89. The third-order valence-electron chi connectivity index (χ3n) is 2.12. The molecule has 2 aromatic heterocycles. The van der Waals surface area contributed by atoms with Crippen LogP contribution in [0.15, 0.2) is 29.8 Å². The summed E-state index contributed by atoms with van der Waals surface area (Å²) in [5, 5.41) is 22.3. The van der Waals surface area contributed by atoms with Gasteiger partial charge in [0, 0.05) is 11.1 Å². The number of nitrogens with zero attached hydrogens (tertiary/aromatic N) is 3. The van der Waals surface area contributed by atoms with Gasteiger partial charge in [0.25, 0.3) is 0 Å². The standard InChI is InChI=1S/C11H8N4O2S/c12-6-7-3-4-13-11(14-7)15-9(10(16)17)8-2-1-5-18-8/h1-5,9H,(H,16,17)(H,13,14,15). The Hall–Kier alpha value is -2.46. The lowest BCUT2D eigenvalue weighted by Gasteiger charge is -2.12. The van der Waals surface area contributed by atoms with Gasteiger partial charge in [0.1, 0.15) is 11.8 Å². The lowest BCUT2D eigenvalue weighted by molar-refractivity contribution is -0.138. The molecular weight excluding hydrogens is 252 g/mol. The topological polar surface area (TPSA) is 98.9 Å². The van der Waals surface area contributed by atoms with Crippen LogP contribution in [-0.4, -0.2) is 21.0 Å². The van der Waals surface area contributed by atoms with Crippen molar-refractivity contribution in [3.63, 3.8) is 0 Å². The lowest BCUT2D eigenvalue weighted by atomic mass is 10.2. The summed E-state index contributed by atoms with van der Waals surface area (Å²) in [6.07, 6.45) is 1.40. The highest BCUT2D eigenvalue weighted by atomic mass is 32.1. The quantitative estimate of drug-likeness (QED) is 0.867. The van der Waals surface area contributed by atoms with Gasteiger partial charge < -0.3 is 10.4 Å². The highest BCUT2D eigenvalue weighted by Crippen LogP contribution is 2.22. The molecule has 7 heteroatoms. The van der Waals surface area contributed by atoms with Gasteiger partial charge in [0.15, 0.2) is 6.04 Å². The second-order valence-corrected chi connectivity index (χ2v) is 4.29. The van der Waals surface area contributed by atoms with Gasteiger partial charge in [0.2, 0.25) is 5.95 Å². The van der Waals surface area contributed by atoms with Crippen LogP contribution in [0.25, 0.3) is 0 Å². The van der Waals surface area contributed by atoms with Crippen LogP contribution in [0.4, 0.5) is 5.95 Å². The number of hydrogen-bond acceptors (Lipinski definition) is 6. The maximum atomic E-state index is 11.2. The number of carboxylic acid groups (broad SMARTS) is 1. The van der Waals surface area contributed by atoms with Crippen molar-refractivity contribution in [2.24, 2.45) is 0 Å². The molecule has 0 saturated heterocycles. The minimum atomic E-state index is -1.02. The largest absolute Gasteiger partial charge is 0.479 e. The van der Waals surface area contributed by atoms with E-state index in [0.29, 0.717) is 4.88 Å². The highest BCUT2D eigenvalue weighted by Gasteiger charge is 2.21. The number of anilines is 1. The summed E-state index contributed by atoms with van der Waals surface area (Å²) in [6.45, 7) is 0. The molecule has 2 rings (SSSR count). The van der Waals surface area contributed by atoms with E-state index in [1.165, 1.54) is 23.6 Å². The molecule has 0 aromatic carbocycles. The molecule has 18 heavy (non-hydrogen) atoms. The monoisotopic (exact) mass is 260 g/mol. The number of hydrogen-bond donors (Lipinski definition) is 2. The van der Waals surface area contributed by atoms with Crippen LogP contribution >= 0.6 is 11.3 Å². The summed E-state index contributed by atoms with van der Waals surface area (Å²) in [7, 11) is 0. The van der Waals surface area contributed by atoms with Crippen molar-refractivity contribution in [2.75, 3.05) is 5.32 Å². The molecule has 0 fully saturated rings. The number of nitrogens with one attached hydrogen (secondary N) is 1. The SMILES string of the molecule is N#Cc1ccnc(NC(C(=O)O)c2cccs2)n1. The first-order valence-electron chi connectivity index (χ1n) is 4.96. The van der Waals surface area contributed by atoms with Crippen molar-refractivity contribution < 1.29 is 9.90 Å². The summed E-state index contributed by atoms with van der Waals surface area (Å²) in [5.41, 5.74) is 0.183. The second-order valence-electron chi connectivity index (χ2n) is 3.31. The Labute approximate surface area is 107 Å². The molecule has 0 aliphatic carbocycles. The molecular formula is C11H8N4O2S. The van der Waals surface area contributed by atoms with Gasteiger partial charge in [-0.05, 0) is 17.5 Å². The van der Waals surface area contributed by atoms with Crippen LogP contribution in [0, 0.1) is 11.3 Å². The Morgan fingerprint density at radius 1 is 1.56 bits per heavy atom. The molecule has 2 aromatic rings. The minimum absolute atomic E-state index is 0.120. The first-order valence-corrected chi connectivity index (χ1v) is 5.84. The van der Waals surface area contributed by atoms with Crippen molar-refractivity contribution in [3.8, 4) is 6.07 Å². The average molecular weight is 260 g/mol.